The molecule has 1 aliphatic rings. The number of benzene rings is 1. The van der Waals surface area contributed by atoms with Gasteiger partial charge in [0, 0.05) is 10.6 Å². The summed E-state index contributed by atoms with van der Waals surface area (Å²) < 4.78 is 62.0. The molecule has 0 spiro atoms. The van der Waals surface area contributed by atoms with Gasteiger partial charge in [-0.3, -0.25) is 15.0 Å². The highest BCUT2D eigenvalue weighted by Gasteiger charge is 2.46. The van der Waals surface area contributed by atoms with Gasteiger partial charge in [-0.25, -0.2) is 0 Å². The summed E-state index contributed by atoms with van der Waals surface area (Å²) in [6.45, 7) is 2.09. The highest BCUT2D eigenvalue weighted by molar-refractivity contribution is 7.93. The average Bonchev–Trinajstić information content (AvgIpc) is 3.28. The molecule has 1 aromatic carbocycles. The number of alkyl halides is 3. The van der Waals surface area contributed by atoms with E-state index in [1.807, 2.05) is 0 Å². The van der Waals surface area contributed by atoms with Gasteiger partial charge in [0.2, 0.25) is 0 Å². The maximum Gasteiger partial charge on any atom is 0.516 e. The zero-order chi connectivity index (χ0) is 18.0. The molecule has 0 aliphatic heterocycles. The molecule has 1 aromatic rings. The van der Waals surface area contributed by atoms with Crippen LogP contribution >= 0.6 is 11.6 Å². The van der Waals surface area contributed by atoms with Crippen molar-refractivity contribution in [1.82, 2.24) is 5.48 Å². The maximum absolute atomic E-state index is 12.6. The van der Waals surface area contributed by atoms with Crippen LogP contribution in [0.2, 0.25) is 5.02 Å². The minimum atomic E-state index is -5.54. The second kappa shape index (κ2) is 7.20. The summed E-state index contributed by atoms with van der Waals surface area (Å²) in [5.41, 5.74) is -2.59. The first kappa shape index (κ1) is 18.9. The maximum atomic E-state index is 12.6. The fraction of sp³-hybridized carbons (Fsp3) is 0.429. The van der Waals surface area contributed by atoms with Crippen molar-refractivity contribution in [2.75, 3.05) is 11.3 Å². The molecule has 0 bridgehead atoms. The van der Waals surface area contributed by atoms with Gasteiger partial charge >= 0.3 is 15.5 Å². The number of hydroxylamine groups is 1. The van der Waals surface area contributed by atoms with Gasteiger partial charge in [0.1, 0.15) is 0 Å². The molecule has 0 amide bonds. The van der Waals surface area contributed by atoms with Gasteiger partial charge < -0.3 is 0 Å². The van der Waals surface area contributed by atoms with Gasteiger partial charge in [0.25, 0.3) is 0 Å². The molecule has 0 radical (unpaired) electrons. The first-order valence-electron chi connectivity index (χ1n) is 7.07. The van der Waals surface area contributed by atoms with Crippen molar-refractivity contribution in [2.24, 2.45) is 5.92 Å². The quantitative estimate of drug-likeness (QED) is 0.700. The van der Waals surface area contributed by atoms with Gasteiger partial charge in [-0.2, -0.15) is 21.6 Å². The van der Waals surface area contributed by atoms with Crippen molar-refractivity contribution in [3.63, 3.8) is 0 Å². The Bertz CT molecular complexity index is 731. The third kappa shape index (κ3) is 4.78. The predicted molar refractivity (Wildman–Crippen MR) is 85.5 cm³/mol. The van der Waals surface area contributed by atoms with E-state index in [9.17, 15) is 21.6 Å². The molecule has 0 atom stereocenters. The van der Waals surface area contributed by atoms with Crippen LogP contribution in [0.4, 0.5) is 18.9 Å². The van der Waals surface area contributed by atoms with E-state index in [1.165, 1.54) is 16.9 Å². The zero-order valence-electron chi connectivity index (χ0n) is 12.7. The lowest BCUT2D eigenvalue weighted by molar-refractivity contribution is -0.0429. The van der Waals surface area contributed by atoms with Crippen LogP contribution in [0.3, 0.4) is 0 Å². The molecule has 0 unspecified atom stereocenters. The highest BCUT2D eigenvalue weighted by Crippen LogP contribution is 2.32. The number of sulfonamides is 1. The van der Waals surface area contributed by atoms with E-state index in [2.05, 4.69) is 5.48 Å². The van der Waals surface area contributed by atoms with Crippen LogP contribution in [-0.4, -0.2) is 20.5 Å². The summed E-state index contributed by atoms with van der Waals surface area (Å²) in [5, 5.41) is 0.239. The van der Waals surface area contributed by atoms with Gasteiger partial charge in [0.15, 0.2) is 0 Å². The van der Waals surface area contributed by atoms with Crippen LogP contribution in [0.1, 0.15) is 25.3 Å². The Morgan fingerprint density at radius 1 is 1.42 bits per heavy atom. The summed E-state index contributed by atoms with van der Waals surface area (Å²) in [4.78, 5) is 5.30. The lowest BCUT2D eigenvalue weighted by Gasteiger charge is -2.17. The molecule has 1 fully saturated rings. The molecule has 24 heavy (non-hydrogen) atoms. The standard InChI is InChI=1S/C14H16ClF3N2O3S/c1-2-12(19-23-8-9-3-4-9)11-7-10(15)5-6-13(11)20-24(21,22)14(16,17)18/h2,5-7,9,19-20H,3-4,8H2,1H3. The van der Waals surface area contributed by atoms with Crippen LogP contribution in [0.25, 0.3) is 5.70 Å². The number of rotatable bonds is 7. The van der Waals surface area contributed by atoms with Gasteiger partial charge in [0.05, 0.1) is 18.0 Å². The van der Waals surface area contributed by atoms with Gasteiger partial charge in [-0.05, 0) is 43.9 Å². The highest BCUT2D eigenvalue weighted by atomic mass is 35.5. The van der Waals surface area contributed by atoms with Crippen LogP contribution < -0.4 is 10.2 Å². The van der Waals surface area contributed by atoms with Crippen molar-refractivity contribution in [1.29, 1.82) is 0 Å². The second-order valence-corrected chi connectivity index (χ2v) is 7.41. The number of nitrogens with one attached hydrogen (secondary N) is 2. The second-order valence-electron chi connectivity index (χ2n) is 5.30. The molecule has 0 aromatic heterocycles. The van der Waals surface area contributed by atoms with Crippen LogP contribution in [-0.2, 0) is 14.9 Å². The summed E-state index contributed by atoms with van der Waals surface area (Å²) >= 11 is 5.88. The Morgan fingerprint density at radius 3 is 2.62 bits per heavy atom. The van der Waals surface area contributed by atoms with E-state index in [0.29, 0.717) is 18.2 Å². The third-order valence-corrected chi connectivity index (χ3v) is 4.64. The van der Waals surface area contributed by atoms with Crippen molar-refractivity contribution in [3.05, 3.63) is 34.9 Å². The lowest BCUT2D eigenvalue weighted by atomic mass is 10.1. The van der Waals surface area contributed by atoms with E-state index in [4.69, 9.17) is 16.4 Å². The average molecular weight is 385 g/mol. The molecule has 1 aliphatic carbocycles. The molecule has 1 saturated carbocycles. The Kier molecular flexibility index (Phi) is 5.67. The summed E-state index contributed by atoms with van der Waals surface area (Å²) in [6.07, 6.45) is 3.69. The summed E-state index contributed by atoms with van der Waals surface area (Å²) in [5.74, 6) is 0.471. The molecule has 2 N–H and O–H groups in total. The summed E-state index contributed by atoms with van der Waals surface area (Å²) in [6, 6.07) is 3.79. The van der Waals surface area contributed by atoms with E-state index in [-0.39, 0.29) is 16.3 Å². The zero-order valence-corrected chi connectivity index (χ0v) is 14.2. The Balaban J connectivity index is 2.25. The molecular formula is C14H16ClF3N2O3S. The van der Waals surface area contributed by atoms with Crippen LogP contribution in [0.5, 0.6) is 0 Å². The molecule has 134 valence electrons. The van der Waals surface area contributed by atoms with Crippen molar-refractivity contribution in [3.8, 4) is 0 Å². The van der Waals surface area contributed by atoms with E-state index in [1.54, 1.807) is 13.0 Å². The van der Waals surface area contributed by atoms with Crippen LogP contribution in [0, 0.1) is 5.92 Å². The number of allylic oxidation sites excluding steroid dienone is 1. The van der Waals surface area contributed by atoms with E-state index < -0.39 is 15.5 Å². The van der Waals surface area contributed by atoms with Crippen LogP contribution in [0.15, 0.2) is 24.3 Å². The Labute approximate surface area is 142 Å². The van der Waals surface area contributed by atoms with Gasteiger partial charge in [-0.1, -0.05) is 17.7 Å². The number of anilines is 1. The molecule has 10 heteroatoms. The normalized spacial score (nSPS) is 16.1. The van der Waals surface area contributed by atoms with Gasteiger partial charge in [-0.15, -0.1) is 0 Å². The molecule has 0 saturated heterocycles. The molecule has 2 rings (SSSR count). The van der Waals surface area contributed by atoms with Crippen molar-refractivity contribution >= 4 is 33.0 Å². The third-order valence-electron chi connectivity index (χ3n) is 3.31. The number of halogens is 4. The molecule has 0 heterocycles. The summed E-state index contributed by atoms with van der Waals surface area (Å²) in [7, 11) is -5.54. The van der Waals surface area contributed by atoms with E-state index in [0.717, 1.165) is 18.9 Å². The smallest absolute Gasteiger partial charge is 0.276 e. The fourth-order valence-corrected chi connectivity index (χ4v) is 2.58. The lowest BCUT2D eigenvalue weighted by Crippen LogP contribution is -2.30. The fourth-order valence-electron chi connectivity index (χ4n) is 1.82. The Morgan fingerprint density at radius 2 is 2.08 bits per heavy atom. The minimum absolute atomic E-state index is 0.147. The first-order valence-corrected chi connectivity index (χ1v) is 8.93. The topological polar surface area (TPSA) is 67.4 Å². The minimum Gasteiger partial charge on any atom is -0.276 e. The molecule has 5 nitrogen and oxygen atoms in total. The molecular weight excluding hydrogens is 369 g/mol. The predicted octanol–water partition coefficient (Wildman–Crippen LogP) is 3.89. The van der Waals surface area contributed by atoms with Crippen molar-refractivity contribution < 1.29 is 26.4 Å². The first-order chi connectivity index (χ1) is 11.1. The number of hydrogen-bond acceptors (Lipinski definition) is 4. The number of hydrogen-bond donors (Lipinski definition) is 2. The SMILES string of the molecule is CC=C(NOCC1CC1)c1cc(Cl)ccc1NS(=O)(=O)C(F)(F)F. The van der Waals surface area contributed by atoms with E-state index >= 15 is 0 Å². The monoisotopic (exact) mass is 384 g/mol. The largest absolute Gasteiger partial charge is 0.516 e. The Hall–Kier alpha value is -1.45. The van der Waals surface area contributed by atoms with Crippen molar-refractivity contribution in [2.45, 2.75) is 25.3 Å².